The Morgan fingerprint density at radius 2 is 1.95 bits per heavy atom. The summed E-state index contributed by atoms with van der Waals surface area (Å²) in [6, 6.07) is 3.79. The molecule has 0 aromatic heterocycles. The summed E-state index contributed by atoms with van der Waals surface area (Å²) < 4.78 is 0.414. The number of benzene rings is 1. The maximum absolute atomic E-state index is 11.6. The molecule has 1 aromatic rings. The SMILES string of the molecule is CC(C)NC(=O)CNC(=O)Nc1ccc(Br)c(C(=O)O)c1. The second-order valence-corrected chi connectivity index (χ2v) is 5.38. The van der Waals surface area contributed by atoms with Gasteiger partial charge in [-0.1, -0.05) is 0 Å². The van der Waals surface area contributed by atoms with Crippen molar-refractivity contribution in [3.63, 3.8) is 0 Å². The molecule has 21 heavy (non-hydrogen) atoms. The summed E-state index contributed by atoms with van der Waals surface area (Å²) in [6.45, 7) is 3.47. The second kappa shape index (κ2) is 7.63. The van der Waals surface area contributed by atoms with Crippen LogP contribution < -0.4 is 16.0 Å². The Morgan fingerprint density at radius 3 is 2.52 bits per heavy atom. The lowest BCUT2D eigenvalue weighted by atomic mass is 10.2. The van der Waals surface area contributed by atoms with E-state index in [1.807, 2.05) is 13.8 Å². The number of anilines is 1. The third-order valence-corrected chi connectivity index (χ3v) is 3.01. The van der Waals surface area contributed by atoms with Crippen molar-refractivity contribution in [2.75, 3.05) is 11.9 Å². The van der Waals surface area contributed by atoms with Gasteiger partial charge in [0.05, 0.1) is 12.1 Å². The summed E-state index contributed by atoms with van der Waals surface area (Å²) in [5.41, 5.74) is 0.350. The molecule has 8 heteroatoms. The summed E-state index contributed by atoms with van der Waals surface area (Å²) >= 11 is 3.11. The molecule has 0 aliphatic heterocycles. The molecule has 0 saturated carbocycles. The smallest absolute Gasteiger partial charge is 0.336 e. The van der Waals surface area contributed by atoms with Crippen molar-refractivity contribution < 1.29 is 19.5 Å². The fraction of sp³-hybridized carbons (Fsp3) is 0.308. The summed E-state index contributed by atoms with van der Waals surface area (Å²) in [7, 11) is 0. The highest BCUT2D eigenvalue weighted by molar-refractivity contribution is 9.10. The van der Waals surface area contributed by atoms with E-state index in [9.17, 15) is 14.4 Å². The molecule has 0 aliphatic carbocycles. The minimum Gasteiger partial charge on any atom is -0.478 e. The van der Waals surface area contributed by atoms with Crippen LogP contribution in [0.15, 0.2) is 22.7 Å². The van der Waals surface area contributed by atoms with Crippen molar-refractivity contribution in [1.29, 1.82) is 0 Å². The highest BCUT2D eigenvalue weighted by atomic mass is 79.9. The molecule has 114 valence electrons. The lowest BCUT2D eigenvalue weighted by Gasteiger charge is -2.10. The summed E-state index contributed by atoms with van der Waals surface area (Å²) in [5, 5.41) is 16.4. The Balaban J connectivity index is 2.57. The van der Waals surface area contributed by atoms with Crippen molar-refractivity contribution in [3.05, 3.63) is 28.2 Å². The Labute approximate surface area is 130 Å². The molecule has 0 fully saturated rings. The molecule has 1 rings (SSSR count). The molecular weight excluding hydrogens is 342 g/mol. The Hall–Kier alpha value is -2.09. The molecule has 0 heterocycles. The Kier molecular flexibility index (Phi) is 6.16. The molecule has 0 unspecified atom stereocenters. The molecule has 0 radical (unpaired) electrons. The third-order valence-electron chi connectivity index (χ3n) is 2.31. The van der Waals surface area contributed by atoms with Crippen LogP contribution >= 0.6 is 15.9 Å². The molecule has 0 bridgehead atoms. The number of hydrogen-bond acceptors (Lipinski definition) is 3. The van der Waals surface area contributed by atoms with Crippen LogP contribution in [0.4, 0.5) is 10.5 Å². The fourth-order valence-corrected chi connectivity index (χ4v) is 1.89. The van der Waals surface area contributed by atoms with Crippen LogP contribution in [0.3, 0.4) is 0 Å². The molecule has 0 saturated heterocycles. The summed E-state index contributed by atoms with van der Waals surface area (Å²) in [5.74, 6) is -1.41. The molecule has 0 spiro atoms. The van der Waals surface area contributed by atoms with Gasteiger partial charge in [-0.2, -0.15) is 0 Å². The normalized spacial score (nSPS) is 10.1. The number of urea groups is 1. The van der Waals surface area contributed by atoms with Gasteiger partial charge in [0.2, 0.25) is 5.91 Å². The van der Waals surface area contributed by atoms with E-state index in [2.05, 4.69) is 31.9 Å². The van der Waals surface area contributed by atoms with Crippen LogP contribution in [-0.4, -0.2) is 35.6 Å². The van der Waals surface area contributed by atoms with Gasteiger partial charge in [0.15, 0.2) is 0 Å². The molecular formula is C13H16BrN3O4. The highest BCUT2D eigenvalue weighted by Gasteiger charge is 2.11. The lowest BCUT2D eigenvalue weighted by Crippen LogP contribution is -2.41. The number of hydrogen-bond donors (Lipinski definition) is 4. The second-order valence-electron chi connectivity index (χ2n) is 4.53. The monoisotopic (exact) mass is 357 g/mol. The van der Waals surface area contributed by atoms with Gasteiger partial charge in [0.25, 0.3) is 0 Å². The standard InChI is InChI=1S/C13H16BrN3O4/c1-7(2)16-11(18)6-15-13(21)17-8-3-4-10(14)9(5-8)12(19)20/h3-5,7H,6H2,1-2H3,(H,16,18)(H,19,20)(H2,15,17,21). The first-order valence-electron chi connectivity index (χ1n) is 6.16. The van der Waals surface area contributed by atoms with E-state index in [1.165, 1.54) is 12.1 Å². The van der Waals surface area contributed by atoms with Gasteiger partial charge in [0.1, 0.15) is 0 Å². The summed E-state index contributed by atoms with van der Waals surface area (Å²) in [4.78, 5) is 33.9. The van der Waals surface area contributed by atoms with Crippen LogP contribution in [0.5, 0.6) is 0 Å². The van der Waals surface area contributed by atoms with Gasteiger partial charge in [0, 0.05) is 16.2 Å². The average Bonchev–Trinajstić information content (AvgIpc) is 2.37. The van der Waals surface area contributed by atoms with Crippen molar-refractivity contribution in [2.45, 2.75) is 19.9 Å². The minimum atomic E-state index is -1.11. The number of amides is 3. The zero-order valence-corrected chi connectivity index (χ0v) is 13.2. The largest absolute Gasteiger partial charge is 0.478 e. The van der Waals surface area contributed by atoms with Crippen molar-refractivity contribution in [2.24, 2.45) is 0 Å². The van der Waals surface area contributed by atoms with Crippen molar-refractivity contribution >= 4 is 39.5 Å². The van der Waals surface area contributed by atoms with E-state index in [-0.39, 0.29) is 24.1 Å². The van der Waals surface area contributed by atoms with Crippen molar-refractivity contribution in [1.82, 2.24) is 10.6 Å². The maximum atomic E-state index is 11.6. The average molecular weight is 358 g/mol. The van der Waals surface area contributed by atoms with E-state index in [4.69, 9.17) is 5.11 Å². The summed E-state index contributed by atoms with van der Waals surface area (Å²) in [6.07, 6.45) is 0. The fourth-order valence-electron chi connectivity index (χ4n) is 1.48. The van der Waals surface area contributed by atoms with Crippen LogP contribution in [0.1, 0.15) is 24.2 Å². The first kappa shape index (κ1) is 17.0. The zero-order valence-electron chi connectivity index (χ0n) is 11.6. The first-order chi connectivity index (χ1) is 9.79. The van der Waals surface area contributed by atoms with Crippen LogP contribution in [0.2, 0.25) is 0 Å². The molecule has 7 nitrogen and oxygen atoms in total. The third kappa shape index (κ3) is 5.82. The van der Waals surface area contributed by atoms with Gasteiger partial charge < -0.3 is 21.1 Å². The predicted octanol–water partition coefficient (Wildman–Crippen LogP) is 1.79. The number of rotatable bonds is 5. The topological polar surface area (TPSA) is 108 Å². The van der Waals surface area contributed by atoms with Crippen LogP contribution in [0.25, 0.3) is 0 Å². The van der Waals surface area contributed by atoms with Crippen LogP contribution in [0, 0.1) is 0 Å². The minimum absolute atomic E-state index is 0.00744. The van der Waals surface area contributed by atoms with Gasteiger partial charge in [-0.05, 0) is 48.0 Å². The molecule has 0 aliphatic rings. The number of halogens is 1. The van der Waals surface area contributed by atoms with Crippen molar-refractivity contribution in [3.8, 4) is 0 Å². The maximum Gasteiger partial charge on any atom is 0.336 e. The van der Waals surface area contributed by atoms with E-state index in [0.29, 0.717) is 10.2 Å². The first-order valence-corrected chi connectivity index (χ1v) is 6.96. The quantitative estimate of drug-likeness (QED) is 0.644. The predicted molar refractivity (Wildman–Crippen MR) is 81.4 cm³/mol. The van der Waals surface area contributed by atoms with Gasteiger partial charge in [-0.3, -0.25) is 4.79 Å². The lowest BCUT2D eigenvalue weighted by molar-refractivity contribution is -0.120. The Morgan fingerprint density at radius 1 is 1.29 bits per heavy atom. The van der Waals surface area contributed by atoms with Crippen LogP contribution in [-0.2, 0) is 4.79 Å². The number of carboxylic acid groups (broad SMARTS) is 1. The Bertz CT molecular complexity index is 560. The van der Waals surface area contributed by atoms with E-state index < -0.39 is 12.0 Å². The number of carbonyl (C=O) groups is 3. The van der Waals surface area contributed by atoms with Gasteiger partial charge in [-0.15, -0.1) is 0 Å². The number of carboxylic acids is 1. The molecule has 3 amide bonds. The van der Waals surface area contributed by atoms with E-state index >= 15 is 0 Å². The zero-order chi connectivity index (χ0) is 16.0. The van der Waals surface area contributed by atoms with E-state index in [1.54, 1.807) is 6.07 Å². The molecule has 4 N–H and O–H groups in total. The van der Waals surface area contributed by atoms with Gasteiger partial charge >= 0.3 is 12.0 Å². The number of nitrogens with one attached hydrogen (secondary N) is 3. The number of aromatic carboxylic acids is 1. The van der Waals surface area contributed by atoms with Gasteiger partial charge in [-0.25, -0.2) is 9.59 Å². The highest BCUT2D eigenvalue weighted by Crippen LogP contribution is 2.21. The molecule has 0 atom stereocenters. The number of carbonyl (C=O) groups excluding carboxylic acids is 2. The molecule has 1 aromatic carbocycles. The van der Waals surface area contributed by atoms with E-state index in [0.717, 1.165) is 0 Å².